The van der Waals surface area contributed by atoms with E-state index in [2.05, 4.69) is 21.2 Å². The number of ether oxygens (including phenoxy) is 3. The molecule has 29 heavy (non-hydrogen) atoms. The number of halogens is 1. The lowest BCUT2D eigenvalue weighted by molar-refractivity contribution is -0.114. The average Bonchev–Trinajstić information content (AvgIpc) is 2.71. The van der Waals surface area contributed by atoms with Gasteiger partial charge in [-0.05, 0) is 35.0 Å². The molecule has 0 radical (unpaired) electrons. The first kappa shape index (κ1) is 20.7. The van der Waals surface area contributed by atoms with Crippen LogP contribution >= 0.6 is 15.9 Å². The number of carbonyl (C=O) groups excluding carboxylic acids is 2. The Balaban J connectivity index is 2.25. The minimum Gasteiger partial charge on any atom is -0.497 e. The molecule has 7 heteroatoms. The van der Waals surface area contributed by atoms with Crippen LogP contribution in [0, 0.1) is 0 Å². The van der Waals surface area contributed by atoms with Gasteiger partial charge in [-0.15, -0.1) is 0 Å². The Labute approximate surface area is 176 Å². The molecule has 0 aromatic heterocycles. The molecule has 0 atom stereocenters. The predicted molar refractivity (Wildman–Crippen MR) is 115 cm³/mol. The van der Waals surface area contributed by atoms with E-state index >= 15 is 0 Å². The number of hydrogen-bond acceptors (Lipinski definition) is 5. The minimum atomic E-state index is -0.341. The number of benzene rings is 3. The number of ketones is 1. The quantitative estimate of drug-likeness (QED) is 0.537. The Morgan fingerprint density at radius 3 is 2.21 bits per heavy atom. The second kappa shape index (κ2) is 8.53. The third-order valence-electron chi connectivity index (χ3n) is 4.43. The van der Waals surface area contributed by atoms with Crippen molar-refractivity contribution in [3.05, 3.63) is 58.1 Å². The van der Waals surface area contributed by atoms with Crippen LogP contribution in [-0.2, 0) is 4.79 Å². The summed E-state index contributed by atoms with van der Waals surface area (Å²) >= 11 is 3.45. The molecule has 6 nitrogen and oxygen atoms in total. The lowest BCUT2D eigenvalue weighted by Crippen LogP contribution is -2.14. The van der Waals surface area contributed by atoms with Crippen LogP contribution in [0.5, 0.6) is 17.2 Å². The van der Waals surface area contributed by atoms with Crippen molar-refractivity contribution in [2.75, 3.05) is 26.6 Å². The zero-order chi connectivity index (χ0) is 21.1. The average molecular weight is 458 g/mol. The summed E-state index contributed by atoms with van der Waals surface area (Å²) in [6, 6.07) is 12.5. The molecule has 1 amide bonds. The standard InChI is InChI=1S/C22H20BrNO5/c1-12(25)24-18-10-16(27-2)11-20(29-4)21(18)22(26)17-8-14-7-15(23)6-5-13(14)9-19(17)28-3/h5-11H,1-4H3,(H,24,25). The zero-order valence-electron chi connectivity index (χ0n) is 16.5. The van der Waals surface area contributed by atoms with E-state index in [0.29, 0.717) is 22.7 Å². The summed E-state index contributed by atoms with van der Waals surface area (Å²) in [5.41, 5.74) is 0.874. The zero-order valence-corrected chi connectivity index (χ0v) is 18.0. The maximum Gasteiger partial charge on any atom is 0.221 e. The van der Waals surface area contributed by atoms with E-state index < -0.39 is 0 Å². The number of carbonyl (C=O) groups is 2. The highest BCUT2D eigenvalue weighted by Crippen LogP contribution is 2.37. The highest BCUT2D eigenvalue weighted by Gasteiger charge is 2.24. The topological polar surface area (TPSA) is 73.9 Å². The van der Waals surface area contributed by atoms with Gasteiger partial charge in [0.1, 0.15) is 17.2 Å². The Bertz CT molecular complexity index is 1110. The van der Waals surface area contributed by atoms with Crippen molar-refractivity contribution in [1.29, 1.82) is 0 Å². The molecule has 1 N–H and O–H groups in total. The van der Waals surface area contributed by atoms with Gasteiger partial charge in [0, 0.05) is 23.5 Å². The molecule has 0 bridgehead atoms. The molecule has 0 spiro atoms. The van der Waals surface area contributed by atoms with E-state index in [1.807, 2.05) is 24.3 Å². The van der Waals surface area contributed by atoms with Gasteiger partial charge in [0.2, 0.25) is 11.7 Å². The number of rotatable bonds is 6. The van der Waals surface area contributed by atoms with Gasteiger partial charge in [0.05, 0.1) is 38.1 Å². The van der Waals surface area contributed by atoms with Gasteiger partial charge in [0.25, 0.3) is 0 Å². The number of amides is 1. The van der Waals surface area contributed by atoms with Crippen LogP contribution < -0.4 is 19.5 Å². The maximum atomic E-state index is 13.6. The molecule has 0 aliphatic carbocycles. The van der Waals surface area contributed by atoms with Crippen LogP contribution in [0.3, 0.4) is 0 Å². The van der Waals surface area contributed by atoms with Crippen molar-refractivity contribution in [1.82, 2.24) is 0 Å². The molecular formula is C22H20BrNO5. The largest absolute Gasteiger partial charge is 0.497 e. The molecule has 0 saturated heterocycles. The van der Waals surface area contributed by atoms with Crippen LogP contribution in [0.4, 0.5) is 5.69 Å². The third kappa shape index (κ3) is 4.19. The van der Waals surface area contributed by atoms with Crippen molar-refractivity contribution < 1.29 is 23.8 Å². The van der Waals surface area contributed by atoms with Gasteiger partial charge < -0.3 is 19.5 Å². The third-order valence-corrected chi connectivity index (χ3v) is 4.93. The number of hydrogen-bond donors (Lipinski definition) is 1. The highest BCUT2D eigenvalue weighted by atomic mass is 79.9. The van der Waals surface area contributed by atoms with E-state index in [1.165, 1.54) is 28.3 Å². The van der Waals surface area contributed by atoms with Crippen LogP contribution in [0.1, 0.15) is 22.8 Å². The van der Waals surface area contributed by atoms with Crippen molar-refractivity contribution in [3.8, 4) is 17.2 Å². The molecule has 0 saturated carbocycles. The van der Waals surface area contributed by atoms with Gasteiger partial charge in [-0.2, -0.15) is 0 Å². The highest BCUT2D eigenvalue weighted by molar-refractivity contribution is 9.10. The van der Waals surface area contributed by atoms with Gasteiger partial charge in [-0.3, -0.25) is 9.59 Å². The predicted octanol–water partition coefficient (Wildman–Crippen LogP) is 4.82. The fourth-order valence-corrected chi connectivity index (χ4v) is 3.50. The van der Waals surface area contributed by atoms with Crippen molar-refractivity contribution in [3.63, 3.8) is 0 Å². The first-order chi connectivity index (χ1) is 13.9. The second-order valence-corrected chi connectivity index (χ2v) is 7.22. The van der Waals surface area contributed by atoms with E-state index in [-0.39, 0.29) is 23.0 Å². The Morgan fingerprint density at radius 1 is 0.862 bits per heavy atom. The lowest BCUT2D eigenvalue weighted by Gasteiger charge is -2.17. The smallest absolute Gasteiger partial charge is 0.221 e. The Morgan fingerprint density at radius 2 is 1.59 bits per heavy atom. The molecule has 0 aliphatic rings. The van der Waals surface area contributed by atoms with E-state index in [9.17, 15) is 9.59 Å². The van der Waals surface area contributed by atoms with Crippen molar-refractivity contribution >= 4 is 44.1 Å². The number of anilines is 1. The molecule has 0 aliphatic heterocycles. The molecular weight excluding hydrogens is 438 g/mol. The first-order valence-electron chi connectivity index (χ1n) is 8.73. The van der Waals surface area contributed by atoms with E-state index in [0.717, 1.165) is 15.2 Å². The molecule has 3 aromatic rings. The monoisotopic (exact) mass is 457 g/mol. The van der Waals surface area contributed by atoms with Crippen molar-refractivity contribution in [2.45, 2.75) is 6.92 Å². The number of methoxy groups -OCH3 is 3. The number of fused-ring (bicyclic) bond motifs is 1. The van der Waals surface area contributed by atoms with Gasteiger partial charge in [-0.1, -0.05) is 22.0 Å². The molecule has 3 rings (SSSR count). The fourth-order valence-electron chi connectivity index (χ4n) is 3.12. The summed E-state index contributed by atoms with van der Waals surface area (Å²) in [4.78, 5) is 25.3. The van der Waals surface area contributed by atoms with E-state index in [1.54, 1.807) is 18.2 Å². The summed E-state index contributed by atoms with van der Waals surface area (Å²) in [5, 5.41) is 4.50. The van der Waals surface area contributed by atoms with Gasteiger partial charge in [-0.25, -0.2) is 0 Å². The maximum absolute atomic E-state index is 13.6. The molecule has 3 aromatic carbocycles. The lowest BCUT2D eigenvalue weighted by atomic mass is 9.96. The van der Waals surface area contributed by atoms with Gasteiger partial charge >= 0.3 is 0 Å². The Hall–Kier alpha value is -3.06. The van der Waals surface area contributed by atoms with Crippen LogP contribution in [-0.4, -0.2) is 33.0 Å². The molecule has 0 unspecified atom stereocenters. The Kier molecular flexibility index (Phi) is 6.08. The SMILES string of the molecule is COc1cc(NC(C)=O)c(C(=O)c2cc3cc(Br)ccc3cc2OC)c(OC)c1. The van der Waals surface area contributed by atoms with Crippen LogP contribution in [0.2, 0.25) is 0 Å². The minimum absolute atomic E-state index is 0.219. The summed E-state index contributed by atoms with van der Waals surface area (Å²) in [5.74, 6) is 0.512. The fraction of sp³-hybridized carbons (Fsp3) is 0.182. The molecule has 150 valence electrons. The summed E-state index contributed by atoms with van der Waals surface area (Å²) < 4.78 is 17.1. The summed E-state index contributed by atoms with van der Waals surface area (Å²) in [6.07, 6.45) is 0. The van der Waals surface area contributed by atoms with Crippen LogP contribution in [0.25, 0.3) is 10.8 Å². The van der Waals surface area contributed by atoms with E-state index in [4.69, 9.17) is 14.2 Å². The van der Waals surface area contributed by atoms with Crippen LogP contribution in [0.15, 0.2) is 46.9 Å². The van der Waals surface area contributed by atoms with Gasteiger partial charge in [0.15, 0.2) is 0 Å². The normalized spacial score (nSPS) is 10.5. The molecule has 0 heterocycles. The number of nitrogens with one attached hydrogen (secondary N) is 1. The summed E-state index contributed by atoms with van der Waals surface area (Å²) in [7, 11) is 4.46. The van der Waals surface area contributed by atoms with Crippen molar-refractivity contribution in [2.24, 2.45) is 0 Å². The second-order valence-electron chi connectivity index (χ2n) is 6.31. The molecule has 0 fully saturated rings. The first-order valence-corrected chi connectivity index (χ1v) is 9.52. The summed E-state index contributed by atoms with van der Waals surface area (Å²) in [6.45, 7) is 1.37.